The first-order valence-corrected chi connectivity index (χ1v) is 9.60. The van der Waals surface area contributed by atoms with E-state index < -0.39 is 12.0 Å². The zero-order chi connectivity index (χ0) is 21.1. The lowest BCUT2D eigenvalue weighted by molar-refractivity contribution is -0.137. The highest BCUT2D eigenvalue weighted by atomic mass is 16.5. The topological polar surface area (TPSA) is 87.7 Å². The first-order chi connectivity index (χ1) is 14.5. The number of hydrogen-bond donors (Lipinski definition) is 2. The van der Waals surface area contributed by atoms with Crippen molar-refractivity contribution in [1.82, 2.24) is 5.16 Å². The molecule has 30 heavy (non-hydrogen) atoms. The van der Waals surface area contributed by atoms with Crippen LogP contribution in [0.3, 0.4) is 0 Å². The molecule has 2 N–H and O–H groups in total. The van der Waals surface area contributed by atoms with Crippen LogP contribution in [-0.2, 0) is 4.79 Å². The summed E-state index contributed by atoms with van der Waals surface area (Å²) in [6.45, 7) is 3.60. The number of anilines is 2. The Bertz CT molecular complexity index is 1230. The summed E-state index contributed by atoms with van der Waals surface area (Å²) in [5.41, 5.74) is 5.74. The van der Waals surface area contributed by atoms with Crippen molar-refractivity contribution in [2.45, 2.75) is 19.9 Å². The molecule has 4 rings (SSSR count). The third-order valence-corrected chi connectivity index (χ3v) is 4.97. The van der Waals surface area contributed by atoms with Gasteiger partial charge in [0.15, 0.2) is 11.4 Å². The van der Waals surface area contributed by atoms with Crippen LogP contribution in [0.25, 0.3) is 22.1 Å². The summed E-state index contributed by atoms with van der Waals surface area (Å²) in [4.78, 5) is 15.0. The molecule has 150 valence electrons. The van der Waals surface area contributed by atoms with Gasteiger partial charge in [0.2, 0.25) is 0 Å². The van der Waals surface area contributed by atoms with Gasteiger partial charge in [-0.25, -0.2) is 4.79 Å². The van der Waals surface area contributed by atoms with Crippen LogP contribution in [-0.4, -0.2) is 28.5 Å². The summed E-state index contributed by atoms with van der Waals surface area (Å²) < 4.78 is 5.44. The third-order valence-electron chi connectivity index (χ3n) is 4.97. The van der Waals surface area contributed by atoms with Crippen LogP contribution in [0.2, 0.25) is 0 Å². The van der Waals surface area contributed by atoms with Gasteiger partial charge in [-0.3, -0.25) is 4.99 Å². The second kappa shape index (κ2) is 8.21. The maximum Gasteiger partial charge on any atom is 0.328 e. The number of aliphatic imine (C=N–C) groups is 1. The Morgan fingerprint density at radius 3 is 2.70 bits per heavy atom. The van der Waals surface area contributed by atoms with E-state index in [1.807, 2.05) is 42.5 Å². The number of nitrogens with one attached hydrogen (secondary N) is 1. The zero-order valence-electron chi connectivity index (χ0n) is 16.7. The molecule has 0 aliphatic rings. The van der Waals surface area contributed by atoms with Gasteiger partial charge >= 0.3 is 5.97 Å². The van der Waals surface area contributed by atoms with Crippen molar-refractivity contribution in [3.05, 3.63) is 77.9 Å². The fourth-order valence-electron chi connectivity index (χ4n) is 3.22. The first-order valence-electron chi connectivity index (χ1n) is 9.60. The minimum Gasteiger partial charge on any atom is -0.480 e. The van der Waals surface area contributed by atoms with Gasteiger partial charge < -0.3 is 14.9 Å². The molecule has 0 spiro atoms. The predicted molar refractivity (Wildman–Crippen MR) is 119 cm³/mol. The standard InChI is InChI=1S/C24H21N3O3/c1-15-19(18-7-4-3-5-8-18)9-6-10-21(15)26-23-20-13-17(11-12-22(20)30-27-23)14-25-16(2)24(28)29/h3-14,16H,1-2H3,(H,26,27)(H,28,29)/t16-/m0/s1. The van der Waals surface area contributed by atoms with Crippen LogP contribution < -0.4 is 5.32 Å². The van der Waals surface area contributed by atoms with E-state index in [2.05, 4.69) is 40.6 Å². The molecule has 0 amide bonds. The van der Waals surface area contributed by atoms with E-state index in [0.29, 0.717) is 11.4 Å². The fraction of sp³-hybridized carbons (Fsp3) is 0.125. The molecule has 1 aromatic heterocycles. The highest BCUT2D eigenvalue weighted by molar-refractivity contribution is 5.95. The molecule has 1 atom stereocenters. The van der Waals surface area contributed by atoms with E-state index in [4.69, 9.17) is 9.63 Å². The number of rotatable bonds is 6. The second-order valence-corrected chi connectivity index (χ2v) is 7.05. The van der Waals surface area contributed by atoms with Gasteiger partial charge in [-0.15, -0.1) is 0 Å². The molecular formula is C24H21N3O3. The molecule has 0 unspecified atom stereocenters. The lowest BCUT2D eigenvalue weighted by Gasteiger charge is -2.12. The van der Waals surface area contributed by atoms with Gasteiger partial charge in [-0.1, -0.05) is 47.6 Å². The molecule has 0 aliphatic carbocycles. The number of carboxylic acid groups (broad SMARTS) is 1. The SMILES string of the molecule is Cc1c(Nc2noc3ccc(C=N[C@@H](C)C(=O)O)cc23)cccc1-c1ccccc1. The van der Waals surface area contributed by atoms with Crippen LogP contribution in [0.1, 0.15) is 18.1 Å². The summed E-state index contributed by atoms with van der Waals surface area (Å²) in [5.74, 6) is -0.367. The molecule has 1 heterocycles. The Morgan fingerprint density at radius 2 is 1.93 bits per heavy atom. The van der Waals surface area contributed by atoms with Crippen molar-refractivity contribution in [3.8, 4) is 11.1 Å². The Labute approximate surface area is 173 Å². The Balaban J connectivity index is 1.66. The van der Waals surface area contributed by atoms with Gasteiger partial charge in [-0.05, 0) is 60.4 Å². The van der Waals surface area contributed by atoms with E-state index in [1.54, 1.807) is 12.3 Å². The summed E-state index contributed by atoms with van der Waals surface area (Å²) in [5, 5.41) is 17.3. The summed E-state index contributed by atoms with van der Waals surface area (Å²) >= 11 is 0. The normalized spacial score (nSPS) is 12.3. The highest BCUT2D eigenvalue weighted by Gasteiger charge is 2.12. The summed E-state index contributed by atoms with van der Waals surface area (Å²) in [6.07, 6.45) is 1.55. The molecule has 3 aromatic carbocycles. The van der Waals surface area contributed by atoms with E-state index in [0.717, 1.165) is 33.3 Å². The van der Waals surface area contributed by atoms with Crippen molar-refractivity contribution in [1.29, 1.82) is 0 Å². The Hall–Kier alpha value is -3.93. The number of carbonyl (C=O) groups is 1. The largest absolute Gasteiger partial charge is 0.480 e. The molecule has 4 aromatic rings. The van der Waals surface area contributed by atoms with E-state index in [9.17, 15) is 4.79 Å². The highest BCUT2D eigenvalue weighted by Crippen LogP contribution is 2.32. The number of fused-ring (bicyclic) bond motifs is 1. The summed E-state index contributed by atoms with van der Waals surface area (Å²) in [7, 11) is 0. The molecule has 0 radical (unpaired) electrons. The number of benzene rings is 3. The second-order valence-electron chi connectivity index (χ2n) is 7.05. The lowest BCUT2D eigenvalue weighted by atomic mass is 9.99. The molecule has 0 bridgehead atoms. The molecule has 0 fully saturated rings. The van der Waals surface area contributed by atoms with Crippen molar-refractivity contribution >= 4 is 34.7 Å². The van der Waals surface area contributed by atoms with Crippen LogP contribution in [0.15, 0.2) is 76.2 Å². The van der Waals surface area contributed by atoms with Crippen molar-refractivity contribution in [2.75, 3.05) is 5.32 Å². The maximum absolute atomic E-state index is 11.0. The Morgan fingerprint density at radius 1 is 1.13 bits per heavy atom. The molecule has 0 saturated heterocycles. The van der Waals surface area contributed by atoms with Gasteiger partial charge in [0, 0.05) is 11.9 Å². The molecule has 6 heteroatoms. The number of carboxylic acids is 1. The first kappa shape index (κ1) is 19.4. The third kappa shape index (κ3) is 3.93. The average molecular weight is 399 g/mol. The van der Waals surface area contributed by atoms with Crippen LogP contribution in [0.4, 0.5) is 11.5 Å². The van der Waals surface area contributed by atoms with Gasteiger partial charge in [0.05, 0.1) is 5.39 Å². The number of hydrogen-bond acceptors (Lipinski definition) is 5. The lowest BCUT2D eigenvalue weighted by Crippen LogP contribution is -2.13. The van der Waals surface area contributed by atoms with E-state index in [-0.39, 0.29) is 0 Å². The van der Waals surface area contributed by atoms with Gasteiger partial charge in [0.25, 0.3) is 0 Å². The van der Waals surface area contributed by atoms with Crippen LogP contribution in [0.5, 0.6) is 0 Å². The number of nitrogens with zero attached hydrogens (tertiary/aromatic N) is 2. The minimum absolute atomic E-state index is 0.597. The smallest absolute Gasteiger partial charge is 0.328 e. The summed E-state index contributed by atoms with van der Waals surface area (Å²) in [6, 6.07) is 21.0. The molecule has 6 nitrogen and oxygen atoms in total. The van der Waals surface area contributed by atoms with Gasteiger partial charge in [0.1, 0.15) is 6.04 Å². The van der Waals surface area contributed by atoms with Crippen molar-refractivity contribution in [3.63, 3.8) is 0 Å². The van der Waals surface area contributed by atoms with Crippen LogP contribution >= 0.6 is 0 Å². The van der Waals surface area contributed by atoms with Crippen molar-refractivity contribution in [2.24, 2.45) is 4.99 Å². The van der Waals surface area contributed by atoms with Crippen molar-refractivity contribution < 1.29 is 14.4 Å². The zero-order valence-corrected chi connectivity index (χ0v) is 16.7. The molecule has 0 saturated carbocycles. The quantitative estimate of drug-likeness (QED) is 0.422. The van der Waals surface area contributed by atoms with Gasteiger partial charge in [-0.2, -0.15) is 0 Å². The molecule has 0 aliphatic heterocycles. The van der Waals surface area contributed by atoms with E-state index in [1.165, 1.54) is 6.92 Å². The monoisotopic (exact) mass is 399 g/mol. The Kier molecular flexibility index (Phi) is 5.30. The predicted octanol–water partition coefficient (Wildman–Crippen LogP) is 5.44. The van der Waals surface area contributed by atoms with Crippen LogP contribution in [0, 0.1) is 6.92 Å². The number of aromatic nitrogens is 1. The van der Waals surface area contributed by atoms with E-state index >= 15 is 0 Å². The molecular weight excluding hydrogens is 378 g/mol. The minimum atomic E-state index is -0.964. The number of aliphatic carboxylic acids is 1. The average Bonchev–Trinajstić information content (AvgIpc) is 3.16. The fourth-order valence-corrected chi connectivity index (χ4v) is 3.22. The maximum atomic E-state index is 11.0.